The van der Waals surface area contributed by atoms with E-state index in [0.29, 0.717) is 60.6 Å². The highest BCUT2D eigenvalue weighted by atomic mass is 32.2. The number of carbonyl (C=O) groups excluding carboxylic acids is 4. The van der Waals surface area contributed by atoms with Gasteiger partial charge in [0.25, 0.3) is 5.91 Å². The number of methoxy groups -OCH3 is 1. The topological polar surface area (TPSA) is 186 Å². The first-order valence-corrected chi connectivity index (χ1v) is 21.0. The molecule has 3 N–H and O–H groups in total. The standard InChI is InChI=1S/C39H51FN6O9S/c1-5-54-32-18-31(27-13-14-30(53-4)23(2)33(27)42-32)55-26-17-29-34(47)43-39(36(49)44-56(51,52)38(3)15-16-38)19-24(39)11-9-7-6-8-10-12-28(35(48)46(29)22-26)41-37(50)45-20-25(40)21-45/h9,11,13-14,18,24-26,28-29H,5-8,10,12,15-17,19-22H2,1-4H3,(H,41,50)(H,43,47)(H,44,49). The van der Waals surface area contributed by atoms with Gasteiger partial charge in [0.2, 0.25) is 27.7 Å². The van der Waals surface area contributed by atoms with E-state index in [0.717, 1.165) is 18.4 Å². The molecular formula is C39H51FN6O9S. The normalized spacial score (nSPS) is 27.8. The SMILES string of the molecule is CCOc1cc(OC2CC3C(=O)NC4(C(=O)NS(=O)(=O)C5(C)CC5)CC4C=CCCCCCC(NC(=O)N4CC(F)C4)C(=O)N3C2)c2ccc(OC)c(C)c2n1. The third kappa shape index (κ3) is 7.70. The van der Waals surface area contributed by atoms with Crippen LogP contribution >= 0.6 is 0 Å². The van der Waals surface area contributed by atoms with Crippen LogP contribution in [0.5, 0.6) is 17.4 Å². The summed E-state index contributed by atoms with van der Waals surface area (Å²) in [6.45, 7) is 5.44. The number of pyridine rings is 1. The van der Waals surface area contributed by atoms with Gasteiger partial charge in [0.15, 0.2) is 0 Å². The van der Waals surface area contributed by atoms with Crippen molar-refractivity contribution in [2.24, 2.45) is 5.92 Å². The van der Waals surface area contributed by atoms with E-state index in [9.17, 15) is 32.0 Å². The highest BCUT2D eigenvalue weighted by molar-refractivity contribution is 7.91. The number of likely N-dealkylation sites (tertiary alicyclic amines) is 1. The summed E-state index contributed by atoms with van der Waals surface area (Å²) in [5, 5.41) is 6.34. The number of urea groups is 1. The monoisotopic (exact) mass is 798 g/mol. The molecule has 5 atom stereocenters. The van der Waals surface area contributed by atoms with Crippen molar-refractivity contribution in [3.63, 3.8) is 0 Å². The fraction of sp³-hybridized carbons (Fsp3) is 0.615. The minimum absolute atomic E-state index is 0.0192. The summed E-state index contributed by atoms with van der Waals surface area (Å²) in [6.07, 6.45) is 6.04. The number of carbonyl (C=O) groups is 4. The molecule has 0 spiro atoms. The van der Waals surface area contributed by atoms with E-state index in [1.807, 2.05) is 32.1 Å². The Morgan fingerprint density at radius 1 is 1.11 bits per heavy atom. The Labute approximate surface area is 326 Å². The van der Waals surface area contributed by atoms with Crippen LogP contribution in [0.2, 0.25) is 0 Å². The Balaban J connectivity index is 1.21. The number of nitrogens with zero attached hydrogens (tertiary/aromatic N) is 3. The molecular weight excluding hydrogens is 748 g/mol. The molecule has 0 bridgehead atoms. The van der Waals surface area contributed by atoms with E-state index < -0.39 is 74.3 Å². The number of fused-ring (bicyclic) bond motifs is 3. The van der Waals surface area contributed by atoms with Crippen LogP contribution in [0.3, 0.4) is 0 Å². The van der Waals surface area contributed by atoms with Gasteiger partial charge in [-0.1, -0.05) is 25.0 Å². The van der Waals surface area contributed by atoms with Gasteiger partial charge in [0, 0.05) is 29.4 Å². The predicted octanol–water partition coefficient (Wildman–Crippen LogP) is 3.42. The molecule has 1 aromatic heterocycles. The highest BCUT2D eigenvalue weighted by Crippen LogP contribution is 2.47. The van der Waals surface area contributed by atoms with Gasteiger partial charge in [-0.05, 0) is 71.4 Å². The minimum Gasteiger partial charge on any atom is -0.496 e. The second kappa shape index (κ2) is 15.3. The smallest absolute Gasteiger partial charge is 0.318 e. The molecule has 0 radical (unpaired) electrons. The van der Waals surface area contributed by atoms with Gasteiger partial charge in [0.05, 0.1) is 43.6 Å². The molecule has 2 saturated heterocycles. The zero-order chi connectivity index (χ0) is 40.0. The first-order valence-electron chi connectivity index (χ1n) is 19.5. The molecule has 304 valence electrons. The van der Waals surface area contributed by atoms with Crippen molar-refractivity contribution in [1.82, 2.24) is 30.1 Å². The van der Waals surface area contributed by atoms with Crippen molar-refractivity contribution in [3.05, 3.63) is 35.9 Å². The number of ether oxygens (including phenoxy) is 3. The maximum Gasteiger partial charge on any atom is 0.318 e. The Morgan fingerprint density at radius 2 is 1.88 bits per heavy atom. The third-order valence-corrected chi connectivity index (χ3v) is 14.0. The van der Waals surface area contributed by atoms with Crippen molar-refractivity contribution in [2.75, 3.05) is 33.4 Å². The fourth-order valence-corrected chi connectivity index (χ4v) is 9.17. The lowest BCUT2D eigenvalue weighted by molar-refractivity contribution is -0.141. The molecule has 2 aliphatic carbocycles. The van der Waals surface area contributed by atoms with E-state index in [2.05, 4.69) is 20.3 Å². The van der Waals surface area contributed by atoms with Gasteiger partial charge in [-0.15, -0.1) is 0 Å². The Hall–Kier alpha value is -4.67. The van der Waals surface area contributed by atoms with Crippen molar-refractivity contribution in [1.29, 1.82) is 0 Å². The Morgan fingerprint density at radius 3 is 2.57 bits per heavy atom. The fourth-order valence-electron chi connectivity index (χ4n) is 7.85. The second-order valence-electron chi connectivity index (χ2n) is 15.9. The summed E-state index contributed by atoms with van der Waals surface area (Å²) in [4.78, 5) is 63.5. The average molecular weight is 799 g/mol. The first kappa shape index (κ1) is 39.6. The number of nitrogens with one attached hydrogen (secondary N) is 3. The summed E-state index contributed by atoms with van der Waals surface area (Å²) in [5.41, 5.74) is -0.191. The largest absolute Gasteiger partial charge is 0.496 e. The number of aryl methyl sites for hydroxylation is 1. The number of rotatable bonds is 9. The van der Waals surface area contributed by atoms with Crippen molar-refractivity contribution in [2.45, 2.75) is 113 Å². The number of halogens is 1. The molecule has 5 aliphatic rings. The van der Waals surface area contributed by atoms with Gasteiger partial charge in [0.1, 0.15) is 41.4 Å². The third-order valence-electron chi connectivity index (χ3n) is 11.8. The molecule has 15 nitrogen and oxygen atoms in total. The van der Waals surface area contributed by atoms with Gasteiger partial charge in [-0.25, -0.2) is 22.6 Å². The number of hydrogen-bond acceptors (Lipinski definition) is 10. The molecule has 5 amide bonds. The zero-order valence-corrected chi connectivity index (χ0v) is 33.1. The molecule has 7 rings (SSSR count). The van der Waals surface area contributed by atoms with Crippen LogP contribution in [0.15, 0.2) is 30.4 Å². The maximum atomic E-state index is 14.6. The predicted molar refractivity (Wildman–Crippen MR) is 203 cm³/mol. The number of benzene rings is 1. The molecule has 56 heavy (non-hydrogen) atoms. The van der Waals surface area contributed by atoms with Gasteiger partial charge < -0.3 is 34.6 Å². The summed E-state index contributed by atoms with van der Waals surface area (Å²) >= 11 is 0. The number of alkyl halides is 1. The molecule has 5 unspecified atom stereocenters. The van der Waals surface area contributed by atoms with E-state index in [1.54, 1.807) is 26.2 Å². The van der Waals surface area contributed by atoms with Gasteiger partial charge >= 0.3 is 6.03 Å². The van der Waals surface area contributed by atoms with Crippen LogP contribution in [0.25, 0.3) is 10.9 Å². The van der Waals surface area contributed by atoms with Crippen LogP contribution in [0, 0.1) is 12.8 Å². The highest BCUT2D eigenvalue weighted by Gasteiger charge is 2.63. The van der Waals surface area contributed by atoms with Crippen LogP contribution in [0.1, 0.15) is 77.2 Å². The lowest BCUT2D eigenvalue weighted by Gasteiger charge is -2.36. The lowest BCUT2D eigenvalue weighted by atomic mass is 10.0. The van der Waals surface area contributed by atoms with Crippen molar-refractivity contribution in [3.8, 4) is 17.4 Å². The Kier molecular flexibility index (Phi) is 10.8. The van der Waals surface area contributed by atoms with E-state index >= 15 is 0 Å². The van der Waals surface area contributed by atoms with Crippen LogP contribution in [-0.4, -0.2) is 115 Å². The maximum absolute atomic E-state index is 14.6. The summed E-state index contributed by atoms with van der Waals surface area (Å²) in [7, 11) is -2.44. The molecule has 3 aliphatic heterocycles. The number of aromatic nitrogens is 1. The van der Waals surface area contributed by atoms with E-state index in [-0.39, 0.29) is 38.9 Å². The number of allylic oxidation sites excluding steroid dienone is 1. The zero-order valence-electron chi connectivity index (χ0n) is 32.3. The summed E-state index contributed by atoms with van der Waals surface area (Å²) < 4.78 is 59.2. The summed E-state index contributed by atoms with van der Waals surface area (Å²) in [6, 6.07) is 2.54. The van der Waals surface area contributed by atoms with Crippen LogP contribution < -0.4 is 29.6 Å². The van der Waals surface area contributed by atoms with Gasteiger partial charge in [-0.3, -0.25) is 19.1 Å². The molecule has 1 aromatic carbocycles. The molecule has 4 heterocycles. The van der Waals surface area contributed by atoms with Crippen LogP contribution in [-0.2, 0) is 24.4 Å². The van der Waals surface area contributed by atoms with Crippen molar-refractivity contribution >= 4 is 44.7 Å². The number of amides is 5. The summed E-state index contributed by atoms with van der Waals surface area (Å²) in [5.74, 6) is -1.09. The van der Waals surface area contributed by atoms with E-state index in [1.165, 1.54) is 9.80 Å². The van der Waals surface area contributed by atoms with E-state index in [4.69, 9.17) is 14.2 Å². The Bertz CT molecular complexity index is 2040. The second-order valence-corrected chi connectivity index (χ2v) is 18.1. The average Bonchev–Trinajstić information content (AvgIpc) is 4.02. The minimum atomic E-state index is -4.01. The lowest BCUT2D eigenvalue weighted by Crippen LogP contribution is -2.61. The number of hydrogen-bond donors (Lipinski definition) is 3. The van der Waals surface area contributed by atoms with Crippen LogP contribution in [0.4, 0.5) is 9.18 Å². The molecule has 4 fully saturated rings. The molecule has 17 heteroatoms. The quantitative estimate of drug-likeness (QED) is 0.318. The first-order chi connectivity index (χ1) is 26.7. The molecule has 2 aromatic rings. The molecule has 2 saturated carbocycles. The number of sulfonamides is 1. The van der Waals surface area contributed by atoms with Crippen molar-refractivity contribution < 1.29 is 46.2 Å². The van der Waals surface area contributed by atoms with Gasteiger partial charge in [-0.2, -0.15) is 0 Å².